The van der Waals surface area contributed by atoms with Gasteiger partial charge >= 0.3 is 6.03 Å². The summed E-state index contributed by atoms with van der Waals surface area (Å²) in [5.41, 5.74) is 0.870. The van der Waals surface area contributed by atoms with Crippen LogP contribution < -0.4 is 15.5 Å². The van der Waals surface area contributed by atoms with Crippen molar-refractivity contribution in [2.24, 2.45) is 5.92 Å². The monoisotopic (exact) mass is 349 g/mol. The van der Waals surface area contributed by atoms with Crippen molar-refractivity contribution in [3.63, 3.8) is 0 Å². The summed E-state index contributed by atoms with van der Waals surface area (Å²) >= 11 is 0. The normalized spacial score (nSPS) is 27.0. The van der Waals surface area contributed by atoms with Gasteiger partial charge in [-0.3, -0.25) is 0 Å². The van der Waals surface area contributed by atoms with Crippen molar-refractivity contribution in [3.8, 4) is 0 Å². The van der Waals surface area contributed by atoms with Crippen LogP contribution in [-0.2, 0) is 0 Å². The number of amides is 2. The molecule has 6 heteroatoms. The highest BCUT2D eigenvalue weighted by Gasteiger charge is 2.25. The van der Waals surface area contributed by atoms with Crippen LogP contribution >= 0.6 is 0 Å². The number of nitrogens with one attached hydrogen (secondary N) is 2. The Morgan fingerprint density at radius 2 is 1.92 bits per heavy atom. The van der Waals surface area contributed by atoms with E-state index in [1.807, 2.05) is 6.07 Å². The minimum Gasteiger partial charge on any atom is -0.396 e. The van der Waals surface area contributed by atoms with Gasteiger partial charge in [0.1, 0.15) is 5.82 Å². The Kier molecular flexibility index (Phi) is 6.13. The lowest BCUT2D eigenvalue weighted by Gasteiger charge is -2.35. The van der Waals surface area contributed by atoms with E-state index >= 15 is 0 Å². The molecule has 0 aromatic heterocycles. The number of anilines is 1. The zero-order chi connectivity index (χ0) is 17.6. The van der Waals surface area contributed by atoms with E-state index in [4.69, 9.17) is 0 Å². The fourth-order valence-corrected chi connectivity index (χ4v) is 3.90. The molecule has 138 valence electrons. The van der Waals surface area contributed by atoms with Crippen LogP contribution in [0.4, 0.5) is 14.9 Å². The quantitative estimate of drug-likeness (QED) is 0.783. The molecular formula is C19H28FN3O2. The van der Waals surface area contributed by atoms with Gasteiger partial charge < -0.3 is 20.6 Å². The van der Waals surface area contributed by atoms with Gasteiger partial charge in [0.05, 0.1) is 0 Å². The summed E-state index contributed by atoms with van der Waals surface area (Å²) in [6.45, 7) is 1.83. The first-order valence-electron chi connectivity index (χ1n) is 9.32. The first-order valence-corrected chi connectivity index (χ1v) is 9.32. The third-order valence-electron chi connectivity index (χ3n) is 5.37. The average molecular weight is 349 g/mol. The number of benzene rings is 1. The number of hydrogen-bond acceptors (Lipinski definition) is 3. The molecule has 1 heterocycles. The number of carbonyl (C=O) groups excluding carboxylic acids is 1. The van der Waals surface area contributed by atoms with Gasteiger partial charge in [0.15, 0.2) is 0 Å². The maximum absolute atomic E-state index is 13.4. The second-order valence-electron chi connectivity index (χ2n) is 7.28. The van der Waals surface area contributed by atoms with E-state index in [-0.39, 0.29) is 30.5 Å². The van der Waals surface area contributed by atoms with Gasteiger partial charge in [-0.2, -0.15) is 0 Å². The molecule has 3 N–H and O–H groups in total. The highest BCUT2D eigenvalue weighted by Crippen LogP contribution is 2.24. The van der Waals surface area contributed by atoms with Gasteiger partial charge in [-0.05, 0) is 62.6 Å². The van der Waals surface area contributed by atoms with E-state index in [9.17, 15) is 14.3 Å². The SMILES string of the molecule is O=C(NC1CCC(CO)CC1)NC1CCCN(c2cccc(F)c2)C1. The van der Waals surface area contributed by atoms with Crippen LogP contribution in [0.5, 0.6) is 0 Å². The molecule has 2 amide bonds. The predicted octanol–water partition coefficient (Wildman–Crippen LogP) is 2.64. The molecule has 2 fully saturated rings. The highest BCUT2D eigenvalue weighted by atomic mass is 19.1. The first-order chi connectivity index (χ1) is 12.1. The number of nitrogens with zero attached hydrogens (tertiary/aromatic N) is 1. The maximum atomic E-state index is 13.4. The molecule has 0 radical (unpaired) electrons. The lowest BCUT2D eigenvalue weighted by molar-refractivity contribution is 0.174. The summed E-state index contributed by atoms with van der Waals surface area (Å²) in [7, 11) is 0. The summed E-state index contributed by atoms with van der Waals surface area (Å²) in [5.74, 6) is 0.156. The minimum absolute atomic E-state index is 0.0748. The van der Waals surface area contributed by atoms with Gasteiger partial charge in [-0.25, -0.2) is 9.18 Å². The number of aliphatic hydroxyl groups excluding tert-OH is 1. The summed E-state index contributed by atoms with van der Waals surface area (Å²) in [6.07, 6.45) is 5.72. The van der Waals surface area contributed by atoms with Crippen LogP contribution in [0.1, 0.15) is 38.5 Å². The van der Waals surface area contributed by atoms with E-state index in [1.165, 1.54) is 6.07 Å². The Morgan fingerprint density at radius 1 is 1.16 bits per heavy atom. The van der Waals surface area contributed by atoms with Gasteiger partial charge in [-0.15, -0.1) is 0 Å². The van der Waals surface area contributed by atoms with E-state index in [0.717, 1.165) is 50.8 Å². The summed E-state index contributed by atoms with van der Waals surface area (Å²) in [5, 5.41) is 15.3. The molecule has 0 spiro atoms. The average Bonchev–Trinajstić information content (AvgIpc) is 2.62. The van der Waals surface area contributed by atoms with Crippen molar-refractivity contribution < 1.29 is 14.3 Å². The maximum Gasteiger partial charge on any atom is 0.315 e. The van der Waals surface area contributed by atoms with Crippen LogP contribution in [0.15, 0.2) is 24.3 Å². The number of urea groups is 1. The van der Waals surface area contributed by atoms with Crippen molar-refractivity contribution in [2.45, 2.75) is 50.6 Å². The van der Waals surface area contributed by atoms with E-state index in [0.29, 0.717) is 12.5 Å². The molecule has 1 saturated heterocycles. The molecule has 1 aliphatic heterocycles. The number of hydrogen-bond donors (Lipinski definition) is 3. The molecule has 3 rings (SSSR count). The van der Waals surface area contributed by atoms with Gasteiger partial charge in [0.25, 0.3) is 0 Å². The van der Waals surface area contributed by atoms with Gasteiger partial charge in [0.2, 0.25) is 0 Å². The number of aliphatic hydroxyl groups is 1. The molecule has 1 aliphatic carbocycles. The molecular weight excluding hydrogens is 321 g/mol. The molecule has 1 unspecified atom stereocenters. The second-order valence-corrected chi connectivity index (χ2v) is 7.28. The van der Waals surface area contributed by atoms with Crippen LogP contribution in [0, 0.1) is 11.7 Å². The molecule has 1 saturated carbocycles. The van der Waals surface area contributed by atoms with Crippen molar-refractivity contribution in [1.82, 2.24) is 10.6 Å². The molecule has 0 bridgehead atoms. The van der Waals surface area contributed by atoms with Crippen LogP contribution in [-0.4, -0.2) is 42.9 Å². The Labute approximate surface area is 148 Å². The van der Waals surface area contributed by atoms with Crippen molar-refractivity contribution in [3.05, 3.63) is 30.1 Å². The zero-order valence-electron chi connectivity index (χ0n) is 14.6. The largest absolute Gasteiger partial charge is 0.396 e. The standard InChI is InChI=1S/C19H28FN3O2/c20-15-3-1-5-18(11-15)23-10-2-4-17(12-23)22-19(25)21-16-8-6-14(13-24)7-9-16/h1,3,5,11,14,16-17,24H,2,4,6-10,12-13H2,(H2,21,22,25). The minimum atomic E-state index is -0.233. The highest BCUT2D eigenvalue weighted by molar-refractivity contribution is 5.74. The third-order valence-corrected chi connectivity index (χ3v) is 5.37. The molecule has 1 atom stereocenters. The Bertz CT molecular complexity index is 576. The first kappa shape index (κ1) is 18.0. The summed E-state index contributed by atoms with van der Waals surface area (Å²) in [4.78, 5) is 14.4. The topological polar surface area (TPSA) is 64.6 Å². The van der Waals surface area contributed by atoms with Crippen molar-refractivity contribution in [2.75, 3.05) is 24.6 Å². The third kappa shape index (κ3) is 5.08. The number of piperidine rings is 1. The smallest absolute Gasteiger partial charge is 0.315 e. The molecule has 2 aliphatic rings. The van der Waals surface area contributed by atoms with Crippen LogP contribution in [0.2, 0.25) is 0 Å². The summed E-state index contributed by atoms with van der Waals surface area (Å²) < 4.78 is 13.4. The molecule has 25 heavy (non-hydrogen) atoms. The fraction of sp³-hybridized carbons (Fsp3) is 0.632. The number of carbonyl (C=O) groups is 1. The second kappa shape index (κ2) is 8.52. The van der Waals surface area contributed by atoms with Crippen molar-refractivity contribution >= 4 is 11.7 Å². The van der Waals surface area contributed by atoms with E-state index in [2.05, 4.69) is 15.5 Å². The summed E-state index contributed by atoms with van der Waals surface area (Å²) in [6, 6.07) is 6.78. The Balaban J connectivity index is 1.46. The Hall–Kier alpha value is -1.82. The predicted molar refractivity (Wildman–Crippen MR) is 96.1 cm³/mol. The van der Waals surface area contributed by atoms with Gasteiger partial charge in [-0.1, -0.05) is 6.07 Å². The lowest BCUT2D eigenvalue weighted by atomic mass is 9.87. The Morgan fingerprint density at radius 3 is 2.64 bits per heavy atom. The zero-order valence-corrected chi connectivity index (χ0v) is 14.6. The molecule has 1 aromatic carbocycles. The number of rotatable bonds is 4. The molecule has 1 aromatic rings. The van der Waals surface area contributed by atoms with Gasteiger partial charge in [0, 0.05) is 37.5 Å². The fourth-order valence-electron chi connectivity index (χ4n) is 3.90. The van der Waals surface area contributed by atoms with E-state index < -0.39 is 0 Å². The molecule has 5 nitrogen and oxygen atoms in total. The van der Waals surface area contributed by atoms with Crippen molar-refractivity contribution in [1.29, 1.82) is 0 Å². The van der Waals surface area contributed by atoms with E-state index in [1.54, 1.807) is 12.1 Å². The lowest BCUT2D eigenvalue weighted by Crippen LogP contribution is -2.52. The van der Waals surface area contributed by atoms with Crippen LogP contribution in [0.3, 0.4) is 0 Å². The number of halogens is 1. The van der Waals surface area contributed by atoms with Crippen LogP contribution in [0.25, 0.3) is 0 Å².